The number of para-hydroxylation sites is 1. The van der Waals surface area contributed by atoms with E-state index in [-0.39, 0.29) is 18.9 Å². The zero-order chi connectivity index (χ0) is 17.3. The van der Waals surface area contributed by atoms with Gasteiger partial charge in [0.2, 0.25) is 0 Å². The summed E-state index contributed by atoms with van der Waals surface area (Å²) in [6, 6.07) is 7.54. The zero-order valence-electron chi connectivity index (χ0n) is 13.8. The van der Waals surface area contributed by atoms with E-state index in [2.05, 4.69) is 9.97 Å². The van der Waals surface area contributed by atoms with E-state index in [4.69, 9.17) is 9.47 Å². The number of nitrogens with zero attached hydrogens (tertiary/aromatic N) is 1. The minimum Gasteiger partial charge on any atom is -0.462 e. The summed E-state index contributed by atoms with van der Waals surface area (Å²) in [5, 5.41) is 1.48. The van der Waals surface area contributed by atoms with Gasteiger partial charge in [0.15, 0.2) is 5.69 Å². The van der Waals surface area contributed by atoms with Gasteiger partial charge >= 0.3 is 11.9 Å². The fraction of sp³-hybridized carbons (Fsp3) is 0.278. The Labute approximate surface area is 138 Å². The molecule has 0 aliphatic heterocycles. The highest BCUT2D eigenvalue weighted by Crippen LogP contribution is 2.32. The number of pyridine rings is 1. The van der Waals surface area contributed by atoms with Gasteiger partial charge in [-0.25, -0.2) is 14.6 Å². The lowest BCUT2D eigenvalue weighted by Crippen LogP contribution is -2.14. The summed E-state index contributed by atoms with van der Waals surface area (Å²) in [6.45, 7) is 5.69. The van der Waals surface area contributed by atoms with Crippen LogP contribution in [-0.2, 0) is 9.47 Å². The van der Waals surface area contributed by atoms with Crippen LogP contribution in [-0.4, -0.2) is 35.1 Å². The van der Waals surface area contributed by atoms with E-state index < -0.39 is 11.9 Å². The average molecular weight is 326 g/mol. The number of nitrogens with one attached hydrogen (secondary N) is 1. The van der Waals surface area contributed by atoms with Gasteiger partial charge in [0.1, 0.15) is 0 Å². The molecule has 0 saturated carbocycles. The molecule has 0 saturated heterocycles. The van der Waals surface area contributed by atoms with E-state index in [1.165, 1.54) is 0 Å². The third-order valence-electron chi connectivity index (χ3n) is 3.78. The second-order valence-electron chi connectivity index (χ2n) is 5.28. The van der Waals surface area contributed by atoms with Crippen LogP contribution >= 0.6 is 0 Å². The third kappa shape index (κ3) is 2.50. The molecule has 0 unspecified atom stereocenters. The van der Waals surface area contributed by atoms with Gasteiger partial charge in [-0.3, -0.25) is 0 Å². The first kappa shape index (κ1) is 16.0. The van der Waals surface area contributed by atoms with Gasteiger partial charge in [0.05, 0.1) is 30.0 Å². The summed E-state index contributed by atoms with van der Waals surface area (Å²) in [5.74, 6) is -0.972. The van der Waals surface area contributed by atoms with Gasteiger partial charge < -0.3 is 14.5 Å². The molecule has 124 valence electrons. The molecule has 3 rings (SSSR count). The molecule has 6 nitrogen and oxygen atoms in total. The number of aryl methyl sites for hydroxylation is 1. The standard InChI is InChI=1S/C18H18N2O4/c1-4-23-17(21)13-10(3)19-16(18(22)24-5-2)15-14(13)11-8-6-7-9-12(11)20-15/h6-9,20H,4-5H2,1-3H3. The summed E-state index contributed by atoms with van der Waals surface area (Å²) in [5.41, 5.74) is 2.29. The van der Waals surface area contributed by atoms with Gasteiger partial charge in [-0.2, -0.15) is 0 Å². The highest BCUT2D eigenvalue weighted by molar-refractivity contribution is 6.20. The second kappa shape index (κ2) is 6.31. The highest BCUT2D eigenvalue weighted by Gasteiger charge is 2.25. The topological polar surface area (TPSA) is 81.3 Å². The van der Waals surface area contributed by atoms with Crippen LogP contribution in [0.15, 0.2) is 24.3 Å². The molecule has 0 amide bonds. The van der Waals surface area contributed by atoms with Crippen LogP contribution in [0.2, 0.25) is 0 Å². The van der Waals surface area contributed by atoms with Crippen LogP contribution in [0.1, 0.15) is 40.4 Å². The lowest BCUT2D eigenvalue weighted by atomic mass is 10.0. The Bertz CT molecular complexity index is 943. The molecule has 0 bridgehead atoms. The first-order valence-electron chi connectivity index (χ1n) is 7.83. The average Bonchev–Trinajstić information content (AvgIpc) is 2.93. The SMILES string of the molecule is CCOC(=O)c1nc(C)c(C(=O)OCC)c2c1[nH]c1ccccc12. The third-order valence-corrected chi connectivity index (χ3v) is 3.78. The molecule has 24 heavy (non-hydrogen) atoms. The molecule has 0 aliphatic rings. The first-order chi connectivity index (χ1) is 11.6. The first-order valence-corrected chi connectivity index (χ1v) is 7.83. The molecule has 6 heteroatoms. The van der Waals surface area contributed by atoms with Crippen molar-refractivity contribution in [2.24, 2.45) is 0 Å². The number of hydrogen-bond donors (Lipinski definition) is 1. The molecule has 3 aromatic rings. The van der Waals surface area contributed by atoms with Crippen molar-refractivity contribution in [3.05, 3.63) is 41.2 Å². The Morgan fingerprint density at radius 2 is 1.75 bits per heavy atom. The minimum atomic E-state index is -0.521. The van der Waals surface area contributed by atoms with Crippen LogP contribution < -0.4 is 0 Å². The molecule has 0 atom stereocenters. The van der Waals surface area contributed by atoms with Crippen molar-refractivity contribution in [3.63, 3.8) is 0 Å². The number of aromatic nitrogens is 2. The molecule has 0 spiro atoms. The van der Waals surface area contributed by atoms with Crippen molar-refractivity contribution in [2.75, 3.05) is 13.2 Å². The van der Waals surface area contributed by atoms with Crippen LogP contribution in [0.5, 0.6) is 0 Å². The largest absolute Gasteiger partial charge is 0.462 e. The maximum Gasteiger partial charge on any atom is 0.359 e. The molecule has 2 heterocycles. The van der Waals surface area contributed by atoms with Crippen molar-refractivity contribution in [1.29, 1.82) is 0 Å². The molecule has 0 fully saturated rings. The molecule has 0 radical (unpaired) electrons. The van der Waals surface area contributed by atoms with Crippen molar-refractivity contribution in [1.82, 2.24) is 9.97 Å². The van der Waals surface area contributed by atoms with E-state index in [1.807, 2.05) is 24.3 Å². The summed E-state index contributed by atoms with van der Waals surface area (Å²) in [4.78, 5) is 32.2. The number of H-pyrrole nitrogens is 1. The lowest BCUT2D eigenvalue weighted by Gasteiger charge is -2.10. The van der Waals surface area contributed by atoms with Gasteiger partial charge in [-0.1, -0.05) is 18.2 Å². The number of benzene rings is 1. The van der Waals surface area contributed by atoms with E-state index in [9.17, 15) is 9.59 Å². The Balaban J connectivity index is 2.40. The normalized spacial score (nSPS) is 11.0. The number of aromatic amines is 1. The van der Waals surface area contributed by atoms with Gasteiger partial charge in [-0.05, 0) is 26.8 Å². The van der Waals surface area contributed by atoms with E-state index in [0.717, 1.165) is 10.9 Å². The molecular formula is C18H18N2O4. The summed E-state index contributed by atoms with van der Waals surface area (Å²) >= 11 is 0. The molecule has 0 aliphatic carbocycles. The van der Waals surface area contributed by atoms with Gasteiger partial charge in [-0.15, -0.1) is 0 Å². The van der Waals surface area contributed by atoms with Gasteiger partial charge in [0.25, 0.3) is 0 Å². The van der Waals surface area contributed by atoms with E-state index >= 15 is 0 Å². The Kier molecular flexibility index (Phi) is 4.20. The quantitative estimate of drug-likeness (QED) is 0.743. The van der Waals surface area contributed by atoms with Crippen LogP contribution in [0.25, 0.3) is 21.8 Å². The summed E-state index contributed by atoms with van der Waals surface area (Å²) < 4.78 is 10.3. The smallest absolute Gasteiger partial charge is 0.359 e. The number of ether oxygens (including phenoxy) is 2. The fourth-order valence-electron chi connectivity index (χ4n) is 2.84. The van der Waals surface area contributed by atoms with Crippen molar-refractivity contribution in [2.45, 2.75) is 20.8 Å². The van der Waals surface area contributed by atoms with Crippen molar-refractivity contribution >= 4 is 33.7 Å². The monoisotopic (exact) mass is 326 g/mol. The predicted molar refractivity (Wildman–Crippen MR) is 90.2 cm³/mol. The Hall–Kier alpha value is -2.89. The van der Waals surface area contributed by atoms with E-state index in [1.54, 1.807) is 20.8 Å². The molecule has 1 N–H and O–H groups in total. The van der Waals surface area contributed by atoms with Crippen LogP contribution in [0.4, 0.5) is 0 Å². The van der Waals surface area contributed by atoms with E-state index in [0.29, 0.717) is 22.2 Å². The number of fused-ring (bicyclic) bond motifs is 3. The molecule has 1 aromatic carbocycles. The highest BCUT2D eigenvalue weighted by atomic mass is 16.5. The number of rotatable bonds is 4. The number of carbonyl (C=O) groups excluding carboxylic acids is 2. The fourth-order valence-corrected chi connectivity index (χ4v) is 2.84. The summed E-state index contributed by atoms with van der Waals surface area (Å²) in [7, 11) is 0. The predicted octanol–water partition coefficient (Wildman–Crippen LogP) is 3.38. The lowest BCUT2D eigenvalue weighted by molar-refractivity contribution is 0.0508. The van der Waals surface area contributed by atoms with Crippen molar-refractivity contribution in [3.8, 4) is 0 Å². The summed E-state index contributed by atoms with van der Waals surface area (Å²) in [6.07, 6.45) is 0. The maximum atomic E-state index is 12.4. The van der Waals surface area contributed by atoms with Crippen molar-refractivity contribution < 1.29 is 19.1 Å². The second-order valence-corrected chi connectivity index (χ2v) is 5.28. The Morgan fingerprint density at radius 1 is 1.08 bits per heavy atom. The molecule has 2 aromatic heterocycles. The molecular weight excluding hydrogens is 308 g/mol. The minimum absolute atomic E-state index is 0.175. The maximum absolute atomic E-state index is 12.4. The van der Waals surface area contributed by atoms with Gasteiger partial charge in [0, 0.05) is 16.3 Å². The van der Waals surface area contributed by atoms with Crippen LogP contribution in [0, 0.1) is 6.92 Å². The number of hydrogen-bond acceptors (Lipinski definition) is 5. The number of esters is 2. The zero-order valence-corrected chi connectivity index (χ0v) is 13.8. The Morgan fingerprint density at radius 3 is 2.46 bits per heavy atom. The van der Waals surface area contributed by atoms with Crippen LogP contribution in [0.3, 0.4) is 0 Å². The number of carbonyl (C=O) groups is 2.